The average molecular weight is 292 g/mol. The molecule has 0 bridgehead atoms. The van der Waals surface area contributed by atoms with Crippen LogP contribution >= 0.6 is 17.0 Å². The van der Waals surface area contributed by atoms with Crippen molar-refractivity contribution in [2.75, 3.05) is 0 Å². The first-order valence-corrected chi connectivity index (χ1v) is 10.0. The van der Waals surface area contributed by atoms with Gasteiger partial charge < -0.3 is 0 Å². The maximum Gasteiger partial charge on any atom is -0.172 e. The summed E-state index contributed by atoms with van der Waals surface area (Å²) in [5.74, 6) is 0. The Labute approximate surface area is 97.9 Å². The van der Waals surface area contributed by atoms with Gasteiger partial charge in [-0.05, 0) is 0 Å². The van der Waals surface area contributed by atoms with Crippen molar-refractivity contribution in [3.05, 3.63) is 60.7 Å². The first-order chi connectivity index (χ1) is 6.41. The molecule has 0 fully saturated rings. The predicted octanol–water partition coefficient (Wildman–Crippen LogP) is 4.19. The summed E-state index contributed by atoms with van der Waals surface area (Å²) in [5, 5.41) is 0. The van der Waals surface area contributed by atoms with E-state index in [9.17, 15) is 0 Å². The molecule has 0 aliphatic heterocycles. The van der Waals surface area contributed by atoms with Crippen LogP contribution in [0.15, 0.2) is 60.7 Å². The van der Waals surface area contributed by atoms with Gasteiger partial charge >= 0.3 is 37.9 Å². The van der Waals surface area contributed by atoms with E-state index in [-0.39, 0.29) is 0 Å². The molecule has 0 aromatic heterocycles. The summed E-state index contributed by atoms with van der Waals surface area (Å²) in [6, 6.07) is 20.0. The van der Waals surface area contributed by atoms with Gasteiger partial charge in [0, 0.05) is 0 Å². The Kier molecular flexibility index (Phi) is 12.3. The van der Waals surface area contributed by atoms with Crippen LogP contribution in [0.5, 0.6) is 0 Å². The molecule has 2 aromatic carbocycles. The second kappa shape index (κ2) is 12.2. The van der Waals surface area contributed by atoms with Crippen molar-refractivity contribution >= 4 is 17.0 Å². The van der Waals surface area contributed by atoms with E-state index >= 15 is 0 Å². The molecule has 0 spiro atoms. The van der Waals surface area contributed by atoms with Crippen molar-refractivity contribution < 1.29 is 20.8 Å². The van der Waals surface area contributed by atoms with Crippen LogP contribution in [-0.2, 0) is 20.8 Å². The normalized spacial score (nSPS) is 6.92. The number of hydrogen-bond acceptors (Lipinski definition) is 0. The van der Waals surface area contributed by atoms with Crippen molar-refractivity contribution in [3.8, 4) is 0 Å². The van der Waals surface area contributed by atoms with Gasteiger partial charge in [-0.15, -0.1) is 0 Å². The molecule has 0 N–H and O–H groups in total. The molecule has 0 unspecified atom stereocenters. The van der Waals surface area contributed by atoms with E-state index in [1.807, 2.05) is 60.7 Å². The second-order valence-corrected chi connectivity index (χ2v) is 5.73. The summed E-state index contributed by atoms with van der Waals surface area (Å²) in [6.07, 6.45) is 0. The van der Waals surface area contributed by atoms with E-state index < -0.39 is 20.8 Å². The zero-order chi connectivity index (χ0) is 9.78. The summed E-state index contributed by atoms with van der Waals surface area (Å²) in [5.41, 5.74) is 0. The third-order valence-corrected chi connectivity index (χ3v) is 1.11. The van der Waals surface area contributed by atoms with E-state index in [1.54, 1.807) is 0 Å². The van der Waals surface area contributed by atoms with Crippen molar-refractivity contribution in [1.82, 2.24) is 0 Å². The van der Waals surface area contributed by atoms with Crippen molar-refractivity contribution in [2.45, 2.75) is 0 Å². The summed E-state index contributed by atoms with van der Waals surface area (Å²) in [4.78, 5) is 0. The molecule has 0 aliphatic carbocycles. The van der Waals surface area contributed by atoms with Gasteiger partial charge in [0.25, 0.3) is 0 Å². The Hall–Kier alpha value is 0.163. The van der Waals surface area contributed by atoms with Crippen LogP contribution in [0, 0.1) is 0 Å². The summed E-state index contributed by atoms with van der Waals surface area (Å²) >= 11 is -0.826. The summed E-state index contributed by atoms with van der Waals surface area (Å²) < 4.78 is 0. The third-order valence-electron chi connectivity index (χ3n) is 1.11. The van der Waals surface area contributed by atoms with Crippen LogP contribution in [-0.4, -0.2) is 0 Å². The fourth-order valence-electron chi connectivity index (χ4n) is 0.642. The Morgan fingerprint density at radius 2 is 0.923 bits per heavy atom. The van der Waals surface area contributed by atoms with Crippen LogP contribution in [0.1, 0.15) is 0 Å². The first kappa shape index (κ1) is 13.2. The van der Waals surface area contributed by atoms with Gasteiger partial charge in [0.2, 0.25) is 0 Å². The molecule has 0 saturated carbocycles. The third kappa shape index (κ3) is 12.2. The van der Waals surface area contributed by atoms with Crippen LogP contribution in [0.2, 0.25) is 0 Å². The van der Waals surface area contributed by atoms with E-state index in [4.69, 9.17) is 17.0 Å². The number of rotatable bonds is 0. The molecule has 3 heteroatoms. The Morgan fingerprint density at radius 3 is 1.00 bits per heavy atom. The van der Waals surface area contributed by atoms with E-state index in [1.165, 1.54) is 0 Å². The average Bonchev–Trinajstić information content (AvgIpc) is 2.85. The molecule has 0 radical (unpaired) electrons. The maximum atomic E-state index is 4.93. The molecule has 0 heterocycles. The predicted molar refractivity (Wildman–Crippen MR) is 55.8 cm³/mol. The van der Waals surface area contributed by atoms with Crippen molar-refractivity contribution in [2.24, 2.45) is 0 Å². The second-order valence-electron chi connectivity index (χ2n) is 2.00. The molecule has 0 atom stereocenters. The summed E-state index contributed by atoms with van der Waals surface area (Å²) in [7, 11) is 9.87. The molecule has 0 nitrogen and oxygen atoms in total. The molecule has 2 rings (SSSR count). The molecule has 0 amide bonds. The number of halogens is 2. The van der Waals surface area contributed by atoms with Gasteiger partial charge in [0.1, 0.15) is 0 Å². The van der Waals surface area contributed by atoms with Crippen molar-refractivity contribution in [1.29, 1.82) is 0 Å². The number of hydrogen-bond donors (Lipinski definition) is 0. The molecule has 68 valence electrons. The Morgan fingerprint density at radius 1 is 0.692 bits per heavy atom. The van der Waals surface area contributed by atoms with Gasteiger partial charge in [-0.25, -0.2) is 24.3 Å². The smallest absolute Gasteiger partial charge is 0.172 e. The minimum atomic E-state index is -0.826. The molecule has 13 heavy (non-hydrogen) atoms. The maximum absolute atomic E-state index is 4.93. The standard InChI is InChI=1S/2C5H5.2ClH.Zr/c2*1-2-4-5-3-1;;;/h2*1-5H;2*1H;/q2*-1;;;+4/p-2. The fraction of sp³-hybridized carbons (Fsp3) is 0. The van der Waals surface area contributed by atoms with Gasteiger partial charge in [-0.1, -0.05) is 0 Å². The van der Waals surface area contributed by atoms with Gasteiger partial charge in [0.05, 0.1) is 0 Å². The molecule has 0 aliphatic rings. The largest absolute Gasteiger partial charge is 0.214 e. The first-order valence-electron chi connectivity index (χ1n) is 3.71. The molecule has 2 aromatic rings. The monoisotopic (exact) mass is 290 g/mol. The van der Waals surface area contributed by atoms with Crippen molar-refractivity contribution in [3.63, 3.8) is 0 Å². The van der Waals surface area contributed by atoms with Gasteiger partial charge in [-0.3, -0.25) is 0 Å². The van der Waals surface area contributed by atoms with Crippen LogP contribution in [0.4, 0.5) is 0 Å². The molecular formula is C10H10Cl2Zr. The van der Waals surface area contributed by atoms with E-state index in [2.05, 4.69) is 0 Å². The van der Waals surface area contributed by atoms with E-state index in [0.717, 1.165) is 0 Å². The van der Waals surface area contributed by atoms with Crippen LogP contribution < -0.4 is 0 Å². The van der Waals surface area contributed by atoms with E-state index in [0.29, 0.717) is 0 Å². The van der Waals surface area contributed by atoms with Gasteiger partial charge in [0.15, 0.2) is 0 Å². The molecule has 0 saturated heterocycles. The van der Waals surface area contributed by atoms with Crippen LogP contribution in [0.25, 0.3) is 0 Å². The SMILES string of the molecule is [Cl][Zr+2][Cl].c1cc[cH-]c1.c1cc[cH-]c1. The minimum Gasteiger partial charge on any atom is -0.214 e. The minimum absolute atomic E-state index is 0.826. The fourth-order valence-corrected chi connectivity index (χ4v) is 0.642. The zero-order valence-corrected chi connectivity index (χ0v) is 11.0. The Balaban J connectivity index is 0.000000174. The topological polar surface area (TPSA) is 0 Å². The summed E-state index contributed by atoms with van der Waals surface area (Å²) in [6.45, 7) is 0. The Bertz CT molecular complexity index is 165. The van der Waals surface area contributed by atoms with Crippen LogP contribution in [0.3, 0.4) is 0 Å². The quantitative estimate of drug-likeness (QED) is 0.639. The zero-order valence-electron chi connectivity index (χ0n) is 7.03. The van der Waals surface area contributed by atoms with Gasteiger partial charge in [-0.2, -0.15) is 36.4 Å². The molecular weight excluding hydrogens is 282 g/mol.